The fourth-order valence-electron chi connectivity index (χ4n) is 1.80. The highest BCUT2D eigenvalue weighted by Crippen LogP contribution is 2.27. The van der Waals surface area contributed by atoms with Gasteiger partial charge in [0.05, 0.1) is 28.5 Å². The summed E-state index contributed by atoms with van der Waals surface area (Å²) in [4.78, 5) is 31.4. The van der Waals surface area contributed by atoms with Gasteiger partial charge in [-0.2, -0.15) is 5.10 Å². The molecule has 3 N–H and O–H groups in total. The van der Waals surface area contributed by atoms with Gasteiger partial charge in [-0.15, -0.1) is 11.3 Å². The molecule has 0 spiro atoms. The van der Waals surface area contributed by atoms with Gasteiger partial charge < -0.3 is 10.3 Å². The zero-order chi connectivity index (χ0) is 13.4. The fourth-order valence-corrected chi connectivity index (χ4v) is 2.85. The fraction of sp³-hybridized carbons (Fsp3) is 0.0909. The van der Waals surface area contributed by atoms with Crippen molar-refractivity contribution in [1.29, 1.82) is 0 Å². The standard InChI is InChI=1S/C11H9N5O2S/c1-5-7-9(17)12-4-13-11(7)19-8(5)10(18)16-6-2-14-15-3-6/h2-4H,1H3,(H,14,15)(H,16,18)(H,12,13,17). The van der Waals surface area contributed by atoms with Gasteiger partial charge in [0, 0.05) is 6.20 Å². The number of aromatic nitrogens is 4. The topological polar surface area (TPSA) is 104 Å². The van der Waals surface area contributed by atoms with Crippen LogP contribution >= 0.6 is 11.3 Å². The van der Waals surface area contributed by atoms with Gasteiger partial charge in [0.1, 0.15) is 4.83 Å². The van der Waals surface area contributed by atoms with E-state index in [0.717, 1.165) is 0 Å². The minimum absolute atomic E-state index is 0.235. The molecule has 3 heterocycles. The molecular formula is C11H9N5O2S. The molecule has 0 aliphatic rings. The summed E-state index contributed by atoms with van der Waals surface area (Å²) < 4.78 is 0. The van der Waals surface area contributed by atoms with Crippen LogP contribution in [0.3, 0.4) is 0 Å². The number of hydrogen-bond donors (Lipinski definition) is 3. The van der Waals surface area contributed by atoms with Gasteiger partial charge in [-0.1, -0.05) is 0 Å². The van der Waals surface area contributed by atoms with Crippen LogP contribution in [0.2, 0.25) is 0 Å². The highest BCUT2D eigenvalue weighted by atomic mass is 32.1. The van der Waals surface area contributed by atoms with Gasteiger partial charge in [0.15, 0.2) is 0 Å². The van der Waals surface area contributed by atoms with Gasteiger partial charge in [-0.05, 0) is 12.5 Å². The summed E-state index contributed by atoms with van der Waals surface area (Å²) in [6.45, 7) is 1.74. The van der Waals surface area contributed by atoms with Crippen molar-refractivity contribution in [3.05, 3.63) is 39.5 Å². The summed E-state index contributed by atoms with van der Waals surface area (Å²) >= 11 is 1.19. The normalized spacial score (nSPS) is 10.8. The van der Waals surface area contributed by atoms with E-state index in [-0.39, 0.29) is 11.5 Å². The van der Waals surface area contributed by atoms with E-state index in [1.54, 1.807) is 13.1 Å². The third-order valence-corrected chi connectivity index (χ3v) is 3.89. The summed E-state index contributed by atoms with van der Waals surface area (Å²) in [5.41, 5.74) is 0.972. The minimum Gasteiger partial charge on any atom is -0.319 e. The number of nitrogens with one attached hydrogen (secondary N) is 3. The lowest BCUT2D eigenvalue weighted by Crippen LogP contribution is -2.11. The van der Waals surface area contributed by atoms with Crippen LogP contribution in [0.4, 0.5) is 5.69 Å². The average molecular weight is 275 g/mol. The first-order chi connectivity index (χ1) is 9.16. The molecule has 96 valence electrons. The first kappa shape index (κ1) is 11.6. The van der Waals surface area contributed by atoms with Crippen LogP contribution in [-0.4, -0.2) is 26.1 Å². The lowest BCUT2D eigenvalue weighted by atomic mass is 10.2. The summed E-state index contributed by atoms with van der Waals surface area (Å²) in [7, 11) is 0. The van der Waals surface area contributed by atoms with Crippen molar-refractivity contribution in [2.24, 2.45) is 0 Å². The maximum Gasteiger partial charge on any atom is 0.266 e. The van der Waals surface area contributed by atoms with E-state index in [1.807, 2.05) is 0 Å². The van der Waals surface area contributed by atoms with Gasteiger partial charge in [0.25, 0.3) is 11.5 Å². The first-order valence-electron chi connectivity index (χ1n) is 5.43. The van der Waals surface area contributed by atoms with E-state index in [9.17, 15) is 9.59 Å². The number of hydrogen-bond acceptors (Lipinski definition) is 5. The number of nitrogens with zero attached hydrogens (tertiary/aromatic N) is 2. The lowest BCUT2D eigenvalue weighted by molar-refractivity contribution is 0.103. The number of carbonyl (C=O) groups excluding carboxylic acids is 1. The maximum atomic E-state index is 12.1. The zero-order valence-corrected chi connectivity index (χ0v) is 10.7. The molecule has 0 radical (unpaired) electrons. The molecule has 3 aromatic rings. The number of carbonyl (C=O) groups is 1. The number of anilines is 1. The third-order valence-electron chi connectivity index (χ3n) is 2.70. The van der Waals surface area contributed by atoms with Gasteiger partial charge in [0.2, 0.25) is 0 Å². The Hall–Kier alpha value is -2.48. The van der Waals surface area contributed by atoms with Gasteiger partial charge in [-0.3, -0.25) is 14.7 Å². The Kier molecular flexibility index (Phi) is 2.64. The Morgan fingerprint density at radius 1 is 1.47 bits per heavy atom. The second-order valence-corrected chi connectivity index (χ2v) is 4.91. The number of aryl methyl sites for hydroxylation is 1. The largest absolute Gasteiger partial charge is 0.319 e. The molecule has 8 heteroatoms. The molecule has 0 aromatic carbocycles. The second kappa shape index (κ2) is 4.32. The summed E-state index contributed by atoms with van der Waals surface area (Å²) in [6, 6.07) is 0. The van der Waals surface area contributed by atoms with Crippen molar-refractivity contribution in [2.45, 2.75) is 6.92 Å². The SMILES string of the molecule is Cc1c(C(=O)Nc2cn[nH]c2)sc2nc[nH]c(=O)c12. The number of amides is 1. The third kappa shape index (κ3) is 1.91. The van der Waals surface area contributed by atoms with Crippen LogP contribution in [0.1, 0.15) is 15.2 Å². The number of rotatable bonds is 2. The molecule has 7 nitrogen and oxygen atoms in total. The predicted molar refractivity (Wildman–Crippen MR) is 71.5 cm³/mol. The number of H-pyrrole nitrogens is 2. The molecular weight excluding hydrogens is 266 g/mol. The Bertz CT molecular complexity index is 802. The number of aromatic amines is 2. The predicted octanol–water partition coefficient (Wildman–Crippen LogP) is 1.27. The highest BCUT2D eigenvalue weighted by molar-refractivity contribution is 7.20. The average Bonchev–Trinajstić information content (AvgIpc) is 2.98. The van der Waals surface area contributed by atoms with E-state index >= 15 is 0 Å². The van der Waals surface area contributed by atoms with Crippen LogP contribution < -0.4 is 10.9 Å². The van der Waals surface area contributed by atoms with Crippen LogP contribution in [0.5, 0.6) is 0 Å². The van der Waals surface area contributed by atoms with Crippen molar-refractivity contribution in [3.8, 4) is 0 Å². The molecule has 3 aromatic heterocycles. The van der Waals surface area contributed by atoms with Crippen LogP contribution in [0, 0.1) is 6.92 Å². The van der Waals surface area contributed by atoms with Crippen LogP contribution in [0.15, 0.2) is 23.5 Å². The van der Waals surface area contributed by atoms with Crippen molar-refractivity contribution in [3.63, 3.8) is 0 Å². The number of fused-ring (bicyclic) bond motifs is 1. The molecule has 0 unspecified atom stereocenters. The summed E-state index contributed by atoms with van der Waals surface area (Å²) in [5, 5.41) is 9.51. The zero-order valence-electron chi connectivity index (χ0n) is 9.85. The van der Waals surface area contributed by atoms with E-state index < -0.39 is 0 Å². The number of thiophene rings is 1. The van der Waals surface area contributed by atoms with E-state index in [0.29, 0.717) is 26.3 Å². The minimum atomic E-state index is -0.277. The maximum absolute atomic E-state index is 12.1. The Morgan fingerprint density at radius 3 is 3.00 bits per heavy atom. The Labute approximate surface area is 110 Å². The molecule has 1 amide bonds. The Balaban J connectivity index is 2.06. The van der Waals surface area contributed by atoms with Gasteiger partial charge in [-0.25, -0.2) is 4.98 Å². The van der Waals surface area contributed by atoms with Crippen LogP contribution in [-0.2, 0) is 0 Å². The first-order valence-corrected chi connectivity index (χ1v) is 6.25. The molecule has 0 fully saturated rings. The van der Waals surface area contributed by atoms with Crippen molar-refractivity contribution in [2.75, 3.05) is 5.32 Å². The van der Waals surface area contributed by atoms with Crippen molar-refractivity contribution < 1.29 is 4.79 Å². The van der Waals surface area contributed by atoms with E-state index in [2.05, 4.69) is 25.5 Å². The van der Waals surface area contributed by atoms with Crippen molar-refractivity contribution >= 4 is 33.1 Å². The molecule has 0 aliphatic carbocycles. The quantitative estimate of drug-likeness (QED) is 0.655. The summed E-state index contributed by atoms with van der Waals surface area (Å²) in [5.74, 6) is -0.277. The lowest BCUT2D eigenvalue weighted by Gasteiger charge is -2.00. The summed E-state index contributed by atoms with van der Waals surface area (Å²) in [6.07, 6.45) is 4.41. The molecule has 3 rings (SSSR count). The molecule has 0 atom stereocenters. The second-order valence-electron chi connectivity index (χ2n) is 3.91. The van der Waals surface area contributed by atoms with Crippen molar-refractivity contribution in [1.82, 2.24) is 20.2 Å². The van der Waals surface area contributed by atoms with E-state index in [1.165, 1.54) is 23.9 Å². The van der Waals surface area contributed by atoms with E-state index in [4.69, 9.17) is 0 Å². The van der Waals surface area contributed by atoms with Gasteiger partial charge >= 0.3 is 0 Å². The molecule has 0 bridgehead atoms. The highest BCUT2D eigenvalue weighted by Gasteiger charge is 2.18. The molecule has 0 aliphatic heterocycles. The molecule has 19 heavy (non-hydrogen) atoms. The Morgan fingerprint density at radius 2 is 2.32 bits per heavy atom. The molecule has 0 saturated heterocycles. The monoisotopic (exact) mass is 275 g/mol. The molecule has 0 saturated carbocycles. The smallest absolute Gasteiger partial charge is 0.266 e. The van der Waals surface area contributed by atoms with Crippen LogP contribution in [0.25, 0.3) is 10.2 Å².